The fourth-order valence-electron chi connectivity index (χ4n) is 1.89. The summed E-state index contributed by atoms with van der Waals surface area (Å²) >= 11 is 5.14. The summed E-state index contributed by atoms with van der Waals surface area (Å²) in [6.07, 6.45) is 0.869. The summed E-state index contributed by atoms with van der Waals surface area (Å²) in [4.78, 5) is 11.9. The number of thiocarbonyl (C=S) groups is 1. The minimum atomic E-state index is -0.395. The van der Waals surface area contributed by atoms with Crippen LogP contribution in [0.4, 0.5) is 10.1 Å². The molecule has 2 rings (SSSR count). The predicted molar refractivity (Wildman–Crippen MR) is 89.0 cm³/mol. The van der Waals surface area contributed by atoms with Crippen molar-refractivity contribution < 1.29 is 9.18 Å². The number of hydrogen-bond donors (Lipinski definition) is 3. The molecule has 0 radical (unpaired) electrons. The topological polar surface area (TPSA) is 53.2 Å². The van der Waals surface area contributed by atoms with Gasteiger partial charge in [0, 0.05) is 11.3 Å². The van der Waals surface area contributed by atoms with Gasteiger partial charge in [0.15, 0.2) is 5.11 Å². The molecule has 0 fully saturated rings. The van der Waals surface area contributed by atoms with Gasteiger partial charge in [-0.05, 0) is 54.5 Å². The molecule has 2 aromatic rings. The molecule has 3 N–H and O–H groups in total. The van der Waals surface area contributed by atoms with Crippen molar-refractivity contribution in [2.75, 3.05) is 5.32 Å². The number of hydrazine groups is 1. The van der Waals surface area contributed by atoms with Gasteiger partial charge < -0.3 is 5.32 Å². The highest BCUT2D eigenvalue weighted by atomic mass is 32.1. The number of carbonyl (C=O) groups excluding carboxylic acids is 1. The van der Waals surface area contributed by atoms with Gasteiger partial charge in [0.25, 0.3) is 5.91 Å². The summed E-state index contributed by atoms with van der Waals surface area (Å²) in [6.45, 7) is 2.05. The van der Waals surface area contributed by atoms with Crippen LogP contribution in [0.25, 0.3) is 0 Å². The quantitative estimate of drug-likeness (QED) is 0.602. The Labute approximate surface area is 133 Å². The lowest BCUT2D eigenvalue weighted by atomic mass is 10.1. The van der Waals surface area contributed by atoms with Gasteiger partial charge in [-0.15, -0.1) is 0 Å². The van der Waals surface area contributed by atoms with Crippen LogP contribution in [0, 0.1) is 5.82 Å². The van der Waals surface area contributed by atoms with E-state index in [0.29, 0.717) is 5.56 Å². The van der Waals surface area contributed by atoms with Gasteiger partial charge in [0.05, 0.1) is 0 Å². The molecule has 1 amide bonds. The number of anilines is 1. The molecule has 0 aliphatic heterocycles. The first-order valence-electron chi connectivity index (χ1n) is 6.81. The first-order valence-corrected chi connectivity index (χ1v) is 7.21. The maximum atomic E-state index is 12.8. The third kappa shape index (κ3) is 4.26. The highest BCUT2D eigenvalue weighted by Crippen LogP contribution is 2.14. The average molecular weight is 317 g/mol. The van der Waals surface area contributed by atoms with Gasteiger partial charge in [-0.2, -0.15) is 0 Å². The molecule has 2 aromatic carbocycles. The van der Waals surface area contributed by atoms with Gasteiger partial charge >= 0.3 is 0 Å². The van der Waals surface area contributed by atoms with Gasteiger partial charge in [-0.25, -0.2) is 4.39 Å². The zero-order chi connectivity index (χ0) is 15.9. The molecule has 0 atom stereocenters. The van der Waals surface area contributed by atoms with E-state index in [2.05, 4.69) is 16.2 Å². The van der Waals surface area contributed by atoms with E-state index in [1.54, 1.807) is 0 Å². The zero-order valence-corrected chi connectivity index (χ0v) is 12.8. The van der Waals surface area contributed by atoms with Crippen LogP contribution in [-0.4, -0.2) is 11.0 Å². The summed E-state index contributed by atoms with van der Waals surface area (Å²) in [6, 6.07) is 13.0. The van der Waals surface area contributed by atoms with E-state index < -0.39 is 11.7 Å². The number of benzene rings is 2. The van der Waals surface area contributed by atoms with Crippen LogP contribution in [0.3, 0.4) is 0 Å². The number of hydrogen-bond acceptors (Lipinski definition) is 2. The van der Waals surface area contributed by atoms with Crippen molar-refractivity contribution >= 4 is 28.9 Å². The summed E-state index contributed by atoms with van der Waals surface area (Å²) in [5, 5.41) is 3.30. The average Bonchev–Trinajstić information content (AvgIpc) is 2.54. The van der Waals surface area contributed by atoms with E-state index in [1.807, 2.05) is 31.2 Å². The van der Waals surface area contributed by atoms with Crippen LogP contribution < -0.4 is 16.2 Å². The normalized spacial score (nSPS) is 9.91. The number of rotatable bonds is 3. The van der Waals surface area contributed by atoms with Crippen molar-refractivity contribution in [2.24, 2.45) is 0 Å². The smallest absolute Gasteiger partial charge is 0.269 e. The summed E-state index contributed by atoms with van der Waals surface area (Å²) in [5.41, 5.74) is 7.43. The second-order valence-electron chi connectivity index (χ2n) is 4.55. The van der Waals surface area contributed by atoms with E-state index in [9.17, 15) is 9.18 Å². The lowest BCUT2D eigenvalue weighted by molar-refractivity contribution is 0.0944. The van der Waals surface area contributed by atoms with Crippen molar-refractivity contribution in [3.05, 3.63) is 65.5 Å². The van der Waals surface area contributed by atoms with Crippen molar-refractivity contribution in [2.45, 2.75) is 13.3 Å². The minimum absolute atomic E-state index is 0.274. The minimum Gasteiger partial charge on any atom is -0.331 e. The first-order chi connectivity index (χ1) is 10.6. The Morgan fingerprint density at radius 3 is 2.45 bits per heavy atom. The molecule has 0 aliphatic rings. The Morgan fingerprint density at radius 2 is 1.77 bits per heavy atom. The van der Waals surface area contributed by atoms with Gasteiger partial charge in [-0.3, -0.25) is 15.6 Å². The lowest BCUT2D eigenvalue weighted by Crippen LogP contribution is -2.43. The van der Waals surface area contributed by atoms with Crippen LogP contribution in [0.15, 0.2) is 48.5 Å². The van der Waals surface area contributed by atoms with Crippen LogP contribution in [0.1, 0.15) is 22.8 Å². The van der Waals surface area contributed by atoms with Crippen LogP contribution in [0.2, 0.25) is 0 Å². The first kappa shape index (κ1) is 15.9. The SMILES string of the molecule is CCc1ccccc1NC(=S)NNC(=O)c1ccc(F)cc1. The molecule has 0 bridgehead atoms. The van der Waals surface area contributed by atoms with E-state index >= 15 is 0 Å². The van der Waals surface area contributed by atoms with Crippen molar-refractivity contribution in [3.8, 4) is 0 Å². The predicted octanol–water partition coefficient (Wildman–Crippen LogP) is 3.02. The summed E-state index contributed by atoms with van der Waals surface area (Å²) in [5.74, 6) is -0.786. The van der Waals surface area contributed by atoms with Crippen molar-refractivity contribution in [1.29, 1.82) is 0 Å². The van der Waals surface area contributed by atoms with Crippen LogP contribution in [-0.2, 0) is 6.42 Å². The van der Waals surface area contributed by atoms with Crippen molar-refractivity contribution in [3.63, 3.8) is 0 Å². The second kappa shape index (κ2) is 7.51. The van der Waals surface area contributed by atoms with Gasteiger partial charge in [0.1, 0.15) is 5.82 Å². The van der Waals surface area contributed by atoms with Crippen molar-refractivity contribution in [1.82, 2.24) is 10.9 Å². The third-order valence-electron chi connectivity index (χ3n) is 3.04. The van der Waals surface area contributed by atoms with E-state index in [-0.39, 0.29) is 5.11 Å². The third-order valence-corrected chi connectivity index (χ3v) is 3.25. The Bertz CT molecular complexity index is 673. The molecule has 0 aromatic heterocycles. The van der Waals surface area contributed by atoms with Crippen LogP contribution >= 0.6 is 12.2 Å². The highest BCUT2D eigenvalue weighted by Gasteiger charge is 2.06. The maximum absolute atomic E-state index is 12.8. The number of halogens is 1. The Balaban J connectivity index is 1.90. The number of amides is 1. The molecule has 4 nitrogen and oxygen atoms in total. The van der Waals surface area contributed by atoms with E-state index in [4.69, 9.17) is 12.2 Å². The summed E-state index contributed by atoms with van der Waals surface area (Å²) in [7, 11) is 0. The van der Waals surface area contributed by atoms with Gasteiger partial charge in [0.2, 0.25) is 0 Å². The Hall–Kier alpha value is -2.47. The molecule has 0 unspecified atom stereocenters. The number of carbonyl (C=O) groups is 1. The highest BCUT2D eigenvalue weighted by molar-refractivity contribution is 7.80. The standard InChI is InChI=1S/C16H16FN3OS/c1-2-11-5-3-4-6-14(11)18-16(22)20-19-15(21)12-7-9-13(17)10-8-12/h3-10H,2H2,1H3,(H,19,21)(H2,18,20,22). The molecule has 0 spiro atoms. The molecule has 0 aliphatic carbocycles. The van der Waals surface area contributed by atoms with E-state index in [1.165, 1.54) is 24.3 Å². The molecule has 0 saturated heterocycles. The van der Waals surface area contributed by atoms with E-state index in [0.717, 1.165) is 17.7 Å². The van der Waals surface area contributed by atoms with Gasteiger partial charge in [-0.1, -0.05) is 25.1 Å². The molecular formula is C16H16FN3OS. The zero-order valence-electron chi connectivity index (χ0n) is 12.0. The fraction of sp³-hybridized carbons (Fsp3) is 0.125. The Morgan fingerprint density at radius 1 is 1.09 bits per heavy atom. The number of para-hydroxylation sites is 1. The molecule has 0 saturated carbocycles. The molecule has 6 heteroatoms. The maximum Gasteiger partial charge on any atom is 0.269 e. The summed E-state index contributed by atoms with van der Waals surface area (Å²) < 4.78 is 12.8. The second-order valence-corrected chi connectivity index (χ2v) is 4.96. The number of aryl methyl sites for hydroxylation is 1. The lowest BCUT2D eigenvalue weighted by Gasteiger charge is -2.14. The monoisotopic (exact) mass is 317 g/mol. The molecule has 22 heavy (non-hydrogen) atoms. The molecule has 0 heterocycles. The Kier molecular flexibility index (Phi) is 5.43. The fourth-order valence-corrected chi connectivity index (χ4v) is 2.05. The number of nitrogens with one attached hydrogen (secondary N) is 3. The largest absolute Gasteiger partial charge is 0.331 e. The molecular weight excluding hydrogens is 301 g/mol. The molecule has 114 valence electrons. The van der Waals surface area contributed by atoms with Crippen LogP contribution in [0.5, 0.6) is 0 Å².